The Balaban J connectivity index is 2.07. The van der Waals surface area contributed by atoms with Crippen molar-refractivity contribution in [3.63, 3.8) is 0 Å². The van der Waals surface area contributed by atoms with E-state index < -0.39 is 0 Å². The molecule has 2 saturated heterocycles. The van der Waals surface area contributed by atoms with Crippen LogP contribution in [0.2, 0.25) is 0 Å². The third-order valence-electron chi connectivity index (χ3n) is 2.39. The Morgan fingerprint density at radius 1 is 1.50 bits per heavy atom. The number of nitrogens with one attached hydrogen (secondary N) is 2. The molecule has 2 heterocycles. The van der Waals surface area contributed by atoms with E-state index in [1.165, 1.54) is 0 Å². The monoisotopic (exact) mass is 140 g/mol. The molecule has 2 rings (SSSR count). The molecule has 0 aromatic carbocycles. The molecule has 3 nitrogen and oxygen atoms in total. The van der Waals surface area contributed by atoms with Crippen LogP contribution in [0.4, 0.5) is 0 Å². The number of hydrogen-bond acceptors (Lipinski definition) is 2. The summed E-state index contributed by atoms with van der Waals surface area (Å²) in [5, 5.41) is 6.24. The van der Waals surface area contributed by atoms with Crippen LogP contribution >= 0.6 is 0 Å². The zero-order valence-electron chi connectivity index (χ0n) is 5.89. The Morgan fingerprint density at radius 3 is 3.20 bits per heavy atom. The largest absolute Gasteiger partial charge is 0.354 e. The van der Waals surface area contributed by atoms with Crippen molar-refractivity contribution in [1.82, 2.24) is 10.6 Å². The molecule has 56 valence electrons. The maximum atomic E-state index is 11.1. The molecule has 2 N–H and O–H groups in total. The fraction of sp³-hybridized carbons (Fsp3) is 0.857. The third-order valence-corrected chi connectivity index (χ3v) is 2.39. The van der Waals surface area contributed by atoms with Crippen LogP contribution < -0.4 is 10.6 Å². The normalized spacial score (nSPS) is 39.0. The minimum atomic E-state index is 0.262. The number of fused-ring (bicyclic) bond motifs is 2. The van der Waals surface area contributed by atoms with Crippen LogP contribution in [-0.4, -0.2) is 25.0 Å². The summed E-state index contributed by atoms with van der Waals surface area (Å²) in [6.45, 7) is 1.85. The molecule has 2 aliphatic heterocycles. The summed E-state index contributed by atoms with van der Waals surface area (Å²) in [5.74, 6) is 0.567. The van der Waals surface area contributed by atoms with Crippen molar-refractivity contribution in [1.29, 1.82) is 0 Å². The molecule has 0 radical (unpaired) electrons. The van der Waals surface area contributed by atoms with Gasteiger partial charge in [-0.05, 0) is 19.4 Å². The summed E-state index contributed by atoms with van der Waals surface area (Å²) < 4.78 is 0. The SMILES string of the molecule is O=C1NCC2CC1CCN2. The molecule has 3 heteroatoms. The quantitative estimate of drug-likeness (QED) is 0.475. The van der Waals surface area contributed by atoms with E-state index in [1.807, 2.05) is 0 Å². The summed E-state index contributed by atoms with van der Waals surface area (Å²) in [7, 11) is 0. The lowest BCUT2D eigenvalue weighted by Crippen LogP contribution is -2.54. The molecule has 2 atom stereocenters. The molecular weight excluding hydrogens is 128 g/mol. The molecule has 0 aromatic heterocycles. The minimum Gasteiger partial charge on any atom is -0.354 e. The highest BCUT2D eigenvalue weighted by Crippen LogP contribution is 2.19. The number of rotatable bonds is 0. The molecular formula is C7H12N2O. The van der Waals surface area contributed by atoms with Crippen molar-refractivity contribution in [2.24, 2.45) is 5.92 Å². The first-order chi connectivity index (χ1) is 4.86. The highest BCUT2D eigenvalue weighted by atomic mass is 16.2. The maximum Gasteiger partial charge on any atom is 0.223 e. The summed E-state index contributed by atoms with van der Waals surface area (Å²) in [6.07, 6.45) is 2.06. The van der Waals surface area contributed by atoms with Crippen LogP contribution in [0, 0.1) is 5.92 Å². The van der Waals surface area contributed by atoms with Gasteiger partial charge < -0.3 is 10.6 Å². The van der Waals surface area contributed by atoms with E-state index in [-0.39, 0.29) is 5.91 Å². The molecule has 0 aromatic rings. The zero-order chi connectivity index (χ0) is 6.97. The van der Waals surface area contributed by atoms with Crippen LogP contribution in [0.25, 0.3) is 0 Å². The highest BCUT2D eigenvalue weighted by molar-refractivity contribution is 5.79. The van der Waals surface area contributed by atoms with Gasteiger partial charge in [-0.15, -0.1) is 0 Å². The lowest BCUT2D eigenvalue weighted by Gasteiger charge is -2.34. The smallest absolute Gasteiger partial charge is 0.223 e. The van der Waals surface area contributed by atoms with Crippen LogP contribution in [0.1, 0.15) is 12.8 Å². The van der Waals surface area contributed by atoms with Crippen LogP contribution in [0.5, 0.6) is 0 Å². The van der Waals surface area contributed by atoms with E-state index in [4.69, 9.17) is 0 Å². The number of piperidine rings is 2. The molecule has 0 spiro atoms. The van der Waals surface area contributed by atoms with Gasteiger partial charge in [0.15, 0.2) is 0 Å². The van der Waals surface area contributed by atoms with E-state index in [2.05, 4.69) is 10.6 Å². The van der Waals surface area contributed by atoms with Crippen molar-refractivity contribution in [3.05, 3.63) is 0 Å². The van der Waals surface area contributed by atoms with E-state index in [0.717, 1.165) is 25.9 Å². The molecule has 10 heavy (non-hydrogen) atoms. The predicted molar refractivity (Wildman–Crippen MR) is 37.5 cm³/mol. The number of carbonyl (C=O) groups excluding carboxylic acids is 1. The topological polar surface area (TPSA) is 41.1 Å². The fourth-order valence-corrected chi connectivity index (χ4v) is 1.77. The standard InChI is InChI=1S/C7H12N2O/c10-7-5-1-2-8-6(3-5)4-9-7/h5-6,8H,1-4H2,(H,9,10). The average Bonchev–Trinajstić information content (AvgIpc) is 1.99. The molecule has 2 fully saturated rings. The molecule has 2 aliphatic rings. The first-order valence-corrected chi connectivity index (χ1v) is 3.87. The first kappa shape index (κ1) is 6.16. The average molecular weight is 140 g/mol. The van der Waals surface area contributed by atoms with Crippen LogP contribution in [-0.2, 0) is 4.79 Å². The summed E-state index contributed by atoms with van der Waals surface area (Å²) in [6, 6.07) is 0.552. The van der Waals surface area contributed by atoms with Crippen molar-refractivity contribution < 1.29 is 4.79 Å². The van der Waals surface area contributed by atoms with Gasteiger partial charge in [0, 0.05) is 18.5 Å². The van der Waals surface area contributed by atoms with Gasteiger partial charge in [-0.25, -0.2) is 0 Å². The van der Waals surface area contributed by atoms with E-state index in [1.54, 1.807) is 0 Å². The van der Waals surface area contributed by atoms with Gasteiger partial charge in [0.1, 0.15) is 0 Å². The lowest BCUT2D eigenvalue weighted by atomic mass is 9.89. The van der Waals surface area contributed by atoms with Crippen LogP contribution in [0.15, 0.2) is 0 Å². The molecule has 0 saturated carbocycles. The van der Waals surface area contributed by atoms with Crippen molar-refractivity contribution in [2.75, 3.05) is 13.1 Å². The van der Waals surface area contributed by atoms with E-state index in [9.17, 15) is 4.79 Å². The van der Waals surface area contributed by atoms with Gasteiger partial charge >= 0.3 is 0 Å². The van der Waals surface area contributed by atoms with Crippen molar-refractivity contribution in [2.45, 2.75) is 18.9 Å². The second-order valence-corrected chi connectivity index (χ2v) is 3.12. The minimum absolute atomic E-state index is 0.262. The number of carbonyl (C=O) groups is 1. The third kappa shape index (κ3) is 0.904. The Labute approximate surface area is 60.2 Å². The second kappa shape index (κ2) is 2.23. The summed E-state index contributed by atoms with van der Waals surface area (Å²) in [5.41, 5.74) is 0. The zero-order valence-corrected chi connectivity index (χ0v) is 5.89. The predicted octanol–water partition coefficient (Wildman–Crippen LogP) is -0.516. The Kier molecular flexibility index (Phi) is 1.38. The summed E-state index contributed by atoms with van der Waals surface area (Å²) in [4.78, 5) is 11.1. The van der Waals surface area contributed by atoms with E-state index >= 15 is 0 Å². The lowest BCUT2D eigenvalue weighted by molar-refractivity contribution is -0.128. The highest BCUT2D eigenvalue weighted by Gasteiger charge is 2.30. The van der Waals surface area contributed by atoms with Crippen molar-refractivity contribution in [3.8, 4) is 0 Å². The van der Waals surface area contributed by atoms with Crippen molar-refractivity contribution >= 4 is 5.91 Å². The van der Waals surface area contributed by atoms with Gasteiger partial charge in [-0.3, -0.25) is 4.79 Å². The summed E-state index contributed by atoms with van der Waals surface area (Å²) >= 11 is 0. The first-order valence-electron chi connectivity index (χ1n) is 3.87. The fourth-order valence-electron chi connectivity index (χ4n) is 1.77. The van der Waals surface area contributed by atoms with Gasteiger partial charge in [0.25, 0.3) is 0 Å². The maximum absolute atomic E-state index is 11.1. The number of hydrogen-bond donors (Lipinski definition) is 2. The Bertz CT molecular complexity index is 158. The molecule has 1 amide bonds. The van der Waals surface area contributed by atoms with Crippen LogP contribution in [0.3, 0.4) is 0 Å². The molecule has 2 bridgehead atoms. The Hall–Kier alpha value is -0.570. The van der Waals surface area contributed by atoms with Gasteiger partial charge in [-0.1, -0.05) is 0 Å². The molecule has 2 unspecified atom stereocenters. The van der Waals surface area contributed by atoms with Gasteiger partial charge in [0.2, 0.25) is 5.91 Å². The Morgan fingerprint density at radius 2 is 2.40 bits per heavy atom. The number of amides is 1. The van der Waals surface area contributed by atoms with Gasteiger partial charge in [0.05, 0.1) is 0 Å². The molecule has 0 aliphatic carbocycles. The van der Waals surface area contributed by atoms with E-state index in [0.29, 0.717) is 12.0 Å². The van der Waals surface area contributed by atoms with Gasteiger partial charge in [-0.2, -0.15) is 0 Å². The second-order valence-electron chi connectivity index (χ2n) is 3.12.